The fourth-order valence-electron chi connectivity index (χ4n) is 2.82. The maximum Gasteiger partial charge on any atom is 0.341 e. The fourth-order valence-corrected chi connectivity index (χ4v) is 4.11. The highest BCUT2D eigenvalue weighted by atomic mass is 35.5. The summed E-state index contributed by atoms with van der Waals surface area (Å²) in [5.74, 6) is -1.56. The van der Waals surface area contributed by atoms with Gasteiger partial charge in [-0.15, -0.1) is 11.3 Å². The molecule has 2 amide bonds. The highest BCUT2D eigenvalue weighted by Gasteiger charge is 2.27. The number of amides is 2. The summed E-state index contributed by atoms with van der Waals surface area (Å²) >= 11 is 6.99. The molecule has 3 rings (SSSR count). The molecule has 0 aliphatic heterocycles. The van der Waals surface area contributed by atoms with Crippen LogP contribution in [-0.4, -0.2) is 29.4 Å². The molecule has 0 radical (unpaired) electrons. The molecule has 0 unspecified atom stereocenters. The van der Waals surface area contributed by atoms with Gasteiger partial charge < -0.3 is 15.4 Å². The zero-order chi connectivity index (χ0) is 22.5. The van der Waals surface area contributed by atoms with Crippen LogP contribution in [-0.2, 0) is 4.74 Å². The Kier molecular flexibility index (Phi) is 7.04. The normalized spacial score (nSPS) is 10.5. The average Bonchev–Trinajstić information content (AvgIpc) is 3.06. The number of pyridine rings is 1. The first-order valence-corrected chi connectivity index (χ1v) is 10.6. The van der Waals surface area contributed by atoms with E-state index in [1.807, 2.05) is 19.1 Å². The lowest BCUT2D eigenvalue weighted by atomic mass is 10.1. The van der Waals surface area contributed by atoms with Crippen LogP contribution in [0.15, 0.2) is 42.6 Å². The second-order valence-corrected chi connectivity index (χ2v) is 7.98. The Balaban J connectivity index is 1.95. The van der Waals surface area contributed by atoms with Gasteiger partial charge in [0.15, 0.2) is 0 Å². The molecule has 160 valence electrons. The smallest absolute Gasteiger partial charge is 0.341 e. The predicted octanol–water partition coefficient (Wildman–Crippen LogP) is 5.09. The molecule has 7 nitrogen and oxygen atoms in total. The third-order valence-electron chi connectivity index (χ3n) is 4.37. The molecule has 1 aromatic carbocycles. The summed E-state index contributed by atoms with van der Waals surface area (Å²) in [4.78, 5) is 42.3. The van der Waals surface area contributed by atoms with Crippen LogP contribution < -0.4 is 10.6 Å². The molecule has 3 aromatic rings. The molecule has 2 N–H and O–H groups in total. The lowest BCUT2D eigenvalue weighted by Gasteiger charge is -2.07. The Morgan fingerprint density at radius 2 is 1.77 bits per heavy atom. The minimum atomic E-state index is -0.627. The second kappa shape index (κ2) is 9.72. The SMILES string of the molecule is CCOC(=O)c1c(NC(=O)c2cccnc2Cl)sc(C(=O)Nc2ccc(C)cc2)c1C. The predicted molar refractivity (Wildman–Crippen MR) is 121 cm³/mol. The first kappa shape index (κ1) is 22.5. The zero-order valence-electron chi connectivity index (χ0n) is 17.1. The first-order chi connectivity index (χ1) is 14.8. The number of benzene rings is 1. The van der Waals surface area contributed by atoms with Crippen molar-refractivity contribution in [2.75, 3.05) is 17.2 Å². The Morgan fingerprint density at radius 1 is 1.06 bits per heavy atom. The van der Waals surface area contributed by atoms with Crippen molar-refractivity contribution in [2.45, 2.75) is 20.8 Å². The molecule has 0 aliphatic rings. The molecule has 31 heavy (non-hydrogen) atoms. The third-order valence-corrected chi connectivity index (χ3v) is 5.88. The van der Waals surface area contributed by atoms with E-state index in [-0.39, 0.29) is 32.8 Å². The minimum Gasteiger partial charge on any atom is -0.462 e. The Bertz CT molecular complexity index is 1140. The van der Waals surface area contributed by atoms with Gasteiger partial charge in [0, 0.05) is 11.9 Å². The molecule has 0 fully saturated rings. The number of ether oxygens (including phenoxy) is 1. The van der Waals surface area contributed by atoms with E-state index in [4.69, 9.17) is 16.3 Å². The quantitative estimate of drug-likeness (QED) is 0.396. The van der Waals surface area contributed by atoms with E-state index in [1.54, 1.807) is 32.0 Å². The molecule has 0 spiro atoms. The highest BCUT2D eigenvalue weighted by Crippen LogP contribution is 2.35. The van der Waals surface area contributed by atoms with Crippen LogP contribution >= 0.6 is 22.9 Å². The second-order valence-electron chi connectivity index (χ2n) is 6.60. The molecule has 2 aromatic heterocycles. The topological polar surface area (TPSA) is 97.4 Å². The average molecular weight is 458 g/mol. The van der Waals surface area contributed by atoms with E-state index in [9.17, 15) is 14.4 Å². The van der Waals surface area contributed by atoms with E-state index in [2.05, 4.69) is 15.6 Å². The molecule has 0 bridgehead atoms. The number of hydrogen-bond donors (Lipinski definition) is 2. The third kappa shape index (κ3) is 5.10. The maximum atomic E-state index is 12.9. The number of carbonyl (C=O) groups excluding carboxylic acids is 3. The van der Waals surface area contributed by atoms with Crippen LogP contribution in [0, 0.1) is 13.8 Å². The van der Waals surface area contributed by atoms with Crippen molar-refractivity contribution in [3.05, 3.63) is 74.9 Å². The number of thiophene rings is 1. The molecular formula is C22H20ClN3O4S. The van der Waals surface area contributed by atoms with Crippen LogP contribution in [0.25, 0.3) is 0 Å². The summed E-state index contributed by atoms with van der Waals surface area (Å²) in [5.41, 5.74) is 2.38. The fraction of sp³-hybridized carbons (Fsp3) is 0.182. The molecule has 2 heterocycles. The number of aromatic nitrogens is 1. The first-order valence-electron chi connectivity index (χ1n) is 9.42. The van der Waals surface area contributed by atoms with Crippen molar-refractivity contribution in [1.82, 2.24) is 4.98 Å². The lowest BCUT2D eigenvalue weighted by molar-refractivity contribution is 0.0527. The molecule has 0 saturated heterocycles. The Hall–Kier alpha value is -3.23. The van der Waals surface area contributed by atoms with Crippen LogP contribution in [0.2, 0.25) is 5.15 Å². The van der Waals surface area contributed by atoms with Gasteiger partial charge in [0.2, 0.25) is 0 Å². The summed E-state index contributed by atoms with van der Waals surface area (Å²) in [7, 11) is 0. The minimum absolute atomic E-state index is 0.0308. The number of hydrogen-bond acceptors (Lipinski definition) is 6. The Morgan fingerprint density at radius 3 is 2.42 bits per heavy atom. The van der Waals surface area contributed by atoms with E-state index in [0.29, 0.717) is 11.3 Å². The lowest BCUT2D eigenvalue weighted by Crippen LogP contribution is -2.15. The van der Waals surface area contributed by atoms with Crippen LogP contribution in [0.4, 0.5) is 10.7 Å². The van der Waals surface area contributed by atoms with Crippen molar-refractivity contribution in [1.29, 1.82) is 0 Å². The number of anilines is 2. The van der Waals surface area contributed by atoms with Gasteiger partial charge in [-0.1, -0.05) is 29.3 Å². The van der Waals surface area contributed by atoms with Crippen molar-refractivity contribution < 1.29 is 19.1 Å². The number of aryl methyl sites for hydroxylation is 1. The summed E-state index contributed by atoms with van der Waals surface area (Å²) < 4.78 is 5.13. The number of nitrogens with zero attached hydrogens (tertiary/aromatic N) is 1. The summed E-state index contributed by atoms with van der Waals surface area (Å²) in [6.45, 7) is 5.42. The van der Waals surface area contributed by atoms with Crippen LogP contribution in [0.5, 0.6) is 0 Å². The number of rotatable bonds is 6. The van der Waals surface area contributed by atoms with Gasteiger partial charge in [0.05, 0.1) is 22.6 Å². The van der Waals surface area contributed by atoms with E-state index < -0.39 is 17.8 Å². The zero-order valence-corrected chi connectivity index (χ0v) is 18.7. The van der Waals surface area contributed by atoms with E-state index in [1.165, 1.54) is 12.3 Å². The van der Waals surface area contributed by atoms with Crippen molar-refractivity contribution in [2.24, 2.45) is 0 Å². The van der Waals surface area contributed by atoms with E-state index >= 15 is 0 Å². The molecular weight excluding hydrogens is 438 g/mol. The van der Waals surface area contributed by atoms with Crippen molar-refractivity contribution >= 4 is 51.4 Å². The molecule has 9 heteroatoms. The van der Waals surface area contributed by atoms with Crippen LogP contribution in [0.3, 0.4) is 0 Å². The number of halogens is 1. The Labute approximate surface area is 188 Å². The summed E-state index contributed by atoms with van der Waals surface area (Å²) in [5, 5.41) is 5.71. The van der Waals surface area contributed by atoms with Crippen molar-refractivity contribution in [3.63, 3.8) is 0 Å². The summed E-state index contributed by atoms with van der Waals surface area (Å²) in [6.07, 6.45) is 1.46. The largest absolute Gasteiger partial charge is 0.462 e. The van der Waals surface area contributed by atoms with E-state index in [0.717, 1.165) is 16.9 Å². The molecule has 0 atom stereocenters. The number of carbonyl (C=O) groups is 3. The van der Waals surface area contributed by atoms with Gasteiger partial charge in [0.25, 0.3) is 11.8 Å². The van der Waals surface area contributed by atoms with Crippen LogP contribution in [0.1, 0.15) is 48.4 Å². The van der Waals surface area contributed by atoms with Gasteiger partial charge in [-0.25, -0.2) is 9.78 Å². The highest BCUT2D eigenvalue weighted by molar-refractivity contribution is 7.19. The monoisotopic (exact) mass is 457 g/mol. The van der Waals surface area contributed by atoms with Crippen molar-refractivity contribution in [3.8, 4) is 0 Å². The van der Waals surface area contributed by atoms with Gasteiger partial charge in [-0.05, 0) is 50.6 Å². The van der Waals surface area contributed by atoms with Gasteiger partial charge in [-0.3, -0.25) is 9.59 Å². The number of nitrogens with one attached hydrogen (secondary N) is 2. The number of esters is 1. The van der Waals surface area contributed by atoms with Gasteiger partial charge in [0.1, 0.15) is 10.2 Å². The van der Waals surface area contributed by atoms with Gasteiger partial charge in [-0.2, -0.15) is 0 Å². The molecule has 0 aliphatic carbocycles. The molecule has 0 saturated carbocycles. The summed E-state index contributed by atoms with van der Waals surface area (Å²) in [6, 6.07) is 10.4. The standard InChI is InChI=1S/C22H20ClN3O4S/c1-4-30-22(29)16-13(3)17(20(28)25-14-9-7-12(2)8-10-14)31-21(16)26-19(27)15-6-5-11-24-18(15)23/h5-11H,4H2,1-3H3,(H,25,28)(H,26,27). The maximum absolute atomic E-state index is 12.9. The van der Waals surface area contributed by atoms with Gasteiger partial charge >= 0.3 is 5.97 Å².